The van der Waals surface area contributed by atoms with Gasteiger partial charge < -0.3 is 0 Å². The number of aryl methyl sites for hydroxylation is 1. The second-order valence-electron chi connectivity index (χ2n) is 5.33. The van der Waals surface area contributed by atoms with Crippen molar-refractivity contribution in [3.63, 3.8) is 0 Å². The molecule has 28 heavy (non-hydrogen) atoms. The molecule has 0 aromatic heterocycles. The quantitative estimate of drug-likeness (QED) is 0.188. The fraction of sp³-hybridized carbons (Fsp3) is 0.538. The molecule has 0 aliphatic carbocycles. The van der Waals surface area contributed by atoms with Crippen LogP contribution in [0.1, 0.15) is 5.56 Å². The summed E-state index contributed by atoms with van der Waals surface area (Å²) in [5.74, 6) is -30.8. The average Bonchev–Trinajstić information content (AvgIpc) is 2.53. The van der Waals surface area contributed by atoms with E-state index in [1.54, 1.807) is 0 Å². The van der Waals surface area contributed by atoms with E-state index in [-0.39, 0.29) is 0 Å². The van der Waals surface area contributed by atoms with Crippen LogP contribution in [0, 0.1) is 10.5 Å². The molecule has 164 valence electrons. The Labute approximate surface area is 159 Å². The molecular formula is C13H7ClF13I. The first-order valence-electron chi connectivity index (χ1n) is 6.55. The van der Waals surface area contributed by atoms with E-state index in [1.807, 2.05) is 0 Å². The molecule has 1 rings (SSSR count). The Morgan fingerprint density at radius 1 is 0.607 bits per heavy atom. The topological polar surface area (TPSA) is 0 Å². The van der Waals surface area contributed by atoms with E-state index >= 15 is 0 Å². The molecule has 0 heterocycles. The molecule has 0 atom stereocenters. The van der Waals surface area contributed by atoms with Crippen molar-refractivity contribution in [3.8, 4) is 0 Å². The molecule has 1 aromatic rings. The van der Waals surface area contributed by atoms with Crippen molar-refractivity contribution in [2.45, 2.75) is 40.7 Å². The first-order chi connectivity index (χ1) is 12.2. The Kier molecular flexibility index (Phi) is 6.55. The Morgan fingerprint density at radius 3 is 1.32 bits per heavy atom. The van der Waals surface area contributed by atoms with Gasteiger partial charge in [0.2, 0.25) is 0 Å². The molecule has 0 aliphatic heterocycles. The molecule has 0 aliphatic rings. The van der Waals surface area contributed by atoms with Crippen molar-refractivity contribution in [3.05, 3.63) is 33.4 Å². The van der Waals surface area contributed by atoms with Crippen molar-refractivity contribution in [1.29, 1.82) is 0 Å². The number of hydrogen-bond donors (Lipinski definition) is 0. The van der Waals surface area contributed by atoms with Crippen molar-refractivity contribution in [1.82, 2.24) is 0 Å². The zero-order valence-corrected chi connectivity index (χ0v) is 15.9. The zero-order valence-electron chi connectivity index (χ0n) is 13.0. The van der Waals surface area contributed by atoms with Crippen LogP contribution in [-0.2, 0) is 0 Å². The third-order valence-electron chi connectivity index (χ3n) is 3.31. The molecule has 0 amide bonds. The van der Waals surface area contributed by atoms with Gasteiger partial charge in [0.05, 0.1) is 0 Å². The number of hydrogen-bond acceptors (Lipinski definition) is 0. The monoisotopic (exact) mass is 572 g/mol. The standard InChI is InChI=1S/C13H7ClF13I/c1-6-2-4-7(5-3-6)28(14)13(26,27)11(21,22)9(17,18)8(15,16)10(19,20)12(23,24)25/h2-5H,1H3. The fourth-order valence-electron chi connectivity index (χ4n) is 1.64. The molecular weight excluding hydrogens is 565 g/mol. The van der Waals surface area contributed by atoms with E-state index in [0.29, 0.717) is 17.7 Å². The number of benzene rings is 1. The van der Waals surface area contributed by atoms with Crippen LogP contribution in [0.5, 0.6) is 0 Å². The first-order valence-corrected chi connectivity index (χ1v) is 11.4. The van der Waals surface area contributed by atoms with Crippen LogP contribution in [-0.4, -0.2) is 33.8 Å². The van der Waals surface area contributed by atoms with Gasteiger partial charge in [0.15, 0.2) is 0 Å². The normalized spacial score (nSPS) is 15.6. The van der Waals surface area contributed by atoms with Gasteiger partial charge in [-0.2, -0.15) is 0 Å². The van der Waals surface area contributed by atoms with Crippen LogP contribution in [0.3, 0.4) is 0 Å². The zero-order chi connectivity index (χ0) is 22.6. The molecule has 0 radical (unpaired) electrons. The maximum atomic E-state index is 13.9. The van der Waals surface area contributed by atoms with Crippen LogP contribution in [0.4, 0.5) is 57.1 Å². The van der Waals surface area contributed by atoms with Gasteiger partial charge in [-0.1, -0.05) is 0 Å². The summed E-state index contributed by atoms with van der Waals surface area (Å²) in [4.78, 5) is 0. The predicted molar refractivity (Wildman–Crippen MR) is 80.5 cm³/mol. The maximum absolute atomic E-state index is 13.9. The third-order valence-corrected chi connectivity index (χ3v) is 9.30. The van der Waals surface area contributed by atoms with Crippen LogP contribution in [0.2, 0.25) is 0 Å². The van der Waals surface area contributed by atoms with E-state index in [1.165, 1.54) is 6.92 Å². The SMILES string of the molecule is Cc1ccc(I(Cl)C(F)(F)C(F)(F)C(F)(F)C(F)(F)C(F)(F)C(F)(F)F)cc1. The number of alkyl halides is 14. The average molecular weight is 573 g/mol. The second-order valence-corrected chi connectivity index (χ2v) is 11.2. The molecule has 0 saturated heterocycles. The molecule has 0 unspecified atom stereocenters. The van der Waals surface area contributed by atoms with Crippen molar-refractivity contribution in [2.75, 3.05) is 0 Å². The van der Waals surface area contributed by atoms with Gasteiger partial charge in [-0.25, -0.2) is 0 Å². The Balaban J connectivity index is 3.50. The number of halogens is 15. The Hall–Kier alpha value is -0.670. The molecule has 0 saturated carbocycles. The summed E-state index contributed by atoms with van der Waals surface area (Å²) >= 11 is -5.35. The second kappa shape index (κ2) is 7.23. The summed E-state index contributed by atoms with van der Waals surface area (Å²) in [5.41, 5.74) is 0.376. The molecule has 15 heteroatoms. The summed E-state index contributed by atoms with van der Waals surface area (Å²) in [6.45, 7) is 1.40. The van der Waals surface area contributed by atoms with E-state index in [4.69, 9.17) is 8.91 Å². The van der Waals surface area contributed by atoms with E-state index in [2.05, 4.69) is 0 Å². The Bertz CT molecular complexity index is 695. The fourth-order valence-corrected chi connectivity index (χ4v) is 5.58. The van der Waals surface area contributed by atoms with Gasteiger partial charge in [0, 0.05) is 0 Å². The summed E-state index contributed by atoms with van der Waals surface area (Å²) in [6.07, 6.45) is -7.43. The van der Waals surface area contributed by atoms with E-state index in [0.717, 1.165) is 12.1 Å². The first kappa shape index (κ1) is 25.4. The van der Waals surface area contributed by atoms with Crippen LogP contribution >= 0.6 is 27.6 Å². The van der Waals surface area contributed by atoms with Gasteiger partial charge in [-0.15, -0.1) is 0 Å². The van der Waals surface area contributed by atoms with Crippen molar-refractivity contribution in [2.24, 2.45) is 0 Å². The molecule has 0 bridgehead atoms. The van der Waals surface area contributed by atoms with Crippen LogP contribution in [0.25, 0.3) is 0 Å². The van der Waals surface area contributed by atoms with E-state index < -0.39 is 56.1 Å². The van der Waals surface area contributed by atoms with E-state index in [9.17, 15) is 57.1 Å². The Morgan fingerprint density at radius 2 is 0.964 bits per heavy atom. The number of rotatable bonds is 6. The van der Waals surface area contributed by atoms with Gasteiger partial charge in [0.25, 0.3) is 0 Å². The van der Waals surface area contributed by atoms with Crippen LogP contribution < -0.4 is 0 Å². The van der Waals surface area contributed by atoms with Crippen molar-refractivity contribution >= 4 is 27.6 Å². The molecule has 1 aromatic carbocycles. The molecule has 0 nitrogen and oxygen atoms in total. The third kappa shape index (κ3) is 3.62. The van der Waals surface area contributed by atoms with Gasteiger partial charge in [0.1, 0.15) is 0 Å². The molecule has 0 fully saturated rings. The van der Waals surface area contributed by atoms with Gasteiger partial charge in [-0.3, -0.25) is 0 Å². The van der Waals surface area contributed by atoms with Gasteiger partial charge in [-0.05, 0) is 0 Å². The molecule has 0 N–H and O–H groups in total. The summed E-state index contributed by atoms with van der Waals surface area (Å²) < 4.78 is 163. The summed E-state index contributed by atoms with van der Waals surface area (Å²) in [5, 5.41) is 0. The minimum absolute atomic E-state index is 0.376. The summed E-state index contributed by atoms with van der Waals surface area (Å²) in [6, 6.07) is 3.44. The predicted octanol–water partition coefficient (Wildman–Crippen LogP) is 7.52. The van der Waals surface area contributed by atoms with Gasteiger partial charge >= 0.3 is 159 Å². The van der Waals surface area contributed by atoms with Crippen LogP contribution in [0.15, 0.2) is 24.3 Å². The molecule has 0 spiro atoms. The van der Waals surface area contributed by atoms with Crippen molar-refractivity contribution < 1.29 is 57.1 Å². The summed E-state index contributed by atoms with van der Waals surface area (Å²) in [7, 11) is 5.13. The minimum atomic E-state index is -7.91.